The maximum atomic E-state index is 12.8. The topological polar surface area (TPSA) is 78.9 Å². The number of hydrogen-bond donors (Lipinski definition) is 0. The number of ether oxygens (including phenoxy) is 3. The summed E-state index contributed by atoms with van der Waals surface area (Å²) in [5.41, 5.74) is 0. The molecule has 0 bridgehead atoms. The SMILES string of the molecule is CC/C=C\C/C=C\C/C=C\C/C=C\CCCCCCC(=O)O[C@@H](COC(=O)CCCCCCC/C=C\CCCC)COC(=O)CCCCCCCCCCC/C=C\CCCCCCCC. The summed E-state index contributed by atoms with van der Waals surface area (Å²) in [6.45, 7) is 6.46. The maximum absolute atomic E-state index is 12.8. The Balaban J connectivity index is 4.38. The second-order valence-corrected chi connectivity index (χ2v) is 18.1. The van der Waals surface area contributed by atoms with Crippen LogP contribution in [0.3, 0.4) is 0 Å². The quantitative estimate of drug-likeness (QED) is 0.0262. The number of rotatable bonds is 49. The van der Waals surface area contributed by atoms with Crippen LogP contribution < -0.4 is 0 Å². The normalized spacial score (nSPS) is 12.6. The fourth-order valence-electron chi connectivity index (χ4n) is 7.53. The van der Waals surface area contributed by atoms with Gasteiger partial charge in [0.2, 0.25) is 0 Å². The molecule has 0 amide bonds. The number of unbranched alkanes of at least 4 members (excludes halogenated alkanes) is 26. The van der Waals surface area contributed by atoms with Gasteiger partial charge in [0.1, 0.15) is 13.2 Å². The van der Waals surface area contributed by atoms with Crippen molar-refractivity contribution in [2.75, 3.05) is 13.2 Å². The molecule has 0 unspecified atom stereocenters. The van der Waals surface area contributed by atoms with Crippen molar-refractivity contribution in [3.8, 4) is 0 Å². The molecule has 0 aliphatic carbocycles. The second-order valence-electron chi connectivity index (χ2n) is 18.1. The number of hydrogen-bond acceptors (Lipinski definition) is 6. The Kier molecular flexibility index (Phi) is 50.9. The monoisotopic (exact) mass is 907 g/mol. The minimum absolute atomic E-state index is 0.0888. The lowest BCUT2D eigenvalue weighted by Gasteiger charge is -2.18. The summed E-state index contributed by atoms with van der Waals surface area (Å²) in [7, 11) is 0. The van der Waals surface area contributed by atoms with Crippen molar-refractivity contribution >= 4 is 17.9 Å². The molecule has 0 aromatic heterocycles. The zero-order valence-electron chi connectivity index (χ0n) is 42.7. The summed E-state index contributed by atoms with van der Waals surface area (Å²) in [5, 5.41) is 0. The van der Waals surface area contributed by atoms with Crippen LogP contribution in [0.1, 0.15) is 265 Å². The molecule has 0 saturated heterocycles. The van der Waals surface area contributed by atoms with Crippen LogP contribution in [0.25, 0.3) is 0 Å². The smallest absolute Gasteiger partial charge is 0.306 e. The van der Waals surface area contributed by atoms with E-state index in [0.717, 1.165) is 103 Å². The molecule has 0 saturated carbocycles. The summed E-state index contributed by atoms with van der Waals surface area (Å²) in [4.78, 5) is 38.0. The first-order valence-corrected chi connectivity index (χ1v) is 27.4. The van der Waals surface area contributed by atoms with Crippen LogP contribution in [0.2, 0.25) is 0 Å². The van der Waals surface area contributed by atoms with Crippen LogP contribution in [0, 0.1) is 0 Å². The number of carbonyl (C=O) groups is 3. The van der Waals surface area contributed by atoms with Crippen LogP contribution in [-0.2, 0) is 28.6 Å². The van der Waals surface area contributed by atoms with E-state index in [1.165, 1.54) is 122 Å². The van der Waals surface area contributed by atoms with Gasteiger partial charge in [0.15, 0.2) is 6.10 Å². The summed E-state index contributed by atoms with van der Waals surface area (Å²) >= 11 is 0. The zero-order chi connectivity index (χ0) is 47.2. The Labute approximate surface area is 402 Å². The van der Waals surface area contributed by atoms with Gasteiger partial charge < -0.3 is 14.2 Å². The predicted octanol–water partition coefficient (Wildman–Crippen LogP) is 18.2. The summed E-state index contributed by atoms with van der Waals surface area (Å²) in [6, 6.07) is 0. The third-order valence-electron chi connectivity index (χ3n) is 11.7. The number of esters is 3. The van der Waals surface area contributed by atoms with Crippen LogP contribution in [0.15, 0.2) is 72.9 Å². The van der Waals surface area contributed by atoms with Gasteiger partial charge in [-0.25, -0.2) is 0 Å². The van der Waals surface area contributed by atoms with Gasteiger partial charge in [0.05, 0.1) is 0 Å². The summed E-state index contributed by atoms with van der Waals surface area (Å²) in [5.74, 6) is -0.921. The Bertz CT molecular complexity index is 1230. The first kappa shape index (κ1) is 61.9. The van der Waals surface area contributed by atoms with Crippen LogP contribution in [0.5, 0.6) is 0 Å². The lowest BCUT2D eigenvalue weighted by molar-refractivity contribution is -0.167. The summed E-state index contributed by atoms with van der Waals surface area (Å²) < 4.78 is 16.8. The molecular weight excluding hydrogens is 805 g/mol. The molecule has 0 aliphatic rings. The van der Waals surface area contributed by atoms with E-state index in [4.69, 9.17) is 14.2 Å². The molecule has 0 N–H and O–H groups in total. The molecule has 0 aromatic carbocycles. The molecule has 6 heteroatoms. The highest BCUT2D eigenvalue weighted by Crippen LogP contribution is 2.15. The van der Waals surface area contributed by atoms with Crippen molar-refractivity contribution in [2.24, 2.45) is 0 Å². The average Bonchev–Trinajstić information content (AvgIpc) is 3.30. The Hall–Kier alpha value is -3.15. The van der Waals surface area contributed by atoms with Crippen LogP contribution >= 0.6 is 0 Å². The zero-order valence-corrected chi connectivity index (χ0v) is 42.7. The van der Waals surface area contributed by atoms with Gasteiger partial charge in [0, 0.05) is 19.3 Å². The predicted molar refractivity (Wildman–Crippen MR) is 279 cm³/mol. The maximum Gasteiger partial charge on any atom is 0.306 e. The van der Waals surface area contributed by atoms with Crippen molar-refractivity contribution in [1.29, 1.82) is 0 Å². The summed E-state index contributed by atoms with van der Waals surface area (Å²) in [6.07, 6.45) is 67.5. The second kappa shape index (κ2) is 53.5. The van der Waals surface area contributed by atoms with E-state index < -0.39 is 6.10 Å². The van der Waals surface area contributed by atoms with E-state index in [1.54, 1.807) is 0 Å². The molecule has 0 fully saturated rings. The van der Waals surface area contributed by atoms with E-state index in [2.05, 4.69) is 93.7 Å². The van der Waals surface area contributed by atoms with Gasteiger partial charge in [-0.05, 0) is 103 Å². The van der Waals surface area contributed by atoms with Gasteiger partial charge in [-0.2, -0.15) is 0 Å². The van der Waals surface area contributed by atoms with E-state index in [-0.39, 0.29) is 31.1 Å². The lowest BCUT2D eigenvalue weighted by Crippen LogP contribution is -2.30. The van der Waals surface area contributed by atoms with Crippen molar-refractivity contribution in [1.82, 2.24) is 0 Å². The van der Waals surface area contributed by atoms with Crippen molar-refractivity contribution < 1.29 is 28.6 Å². The van der Waals surface area contributed by atoms with Crippen molar-refractivity contribution in [3.63, 3.8) is 0 Å². The average molecular weight is 907 g/mol. The third-order valence-corrected chi connectivity index (χ3v) is 11.7. The van der Waals surface area contributed by atoms with Gasteiger partial charge in [-0.3, -0.25) is 14.4 Å². The Morgan fingerprint density at radius 3 is 1.00 bits per heavy atom. The van der Waals surface area contributed by atoms with E-state index in [9.17, 15) is 14.4 Å². The molecule has 0 rings (SSSR count). The van der Waals surface area contributed by atoms with Gasteiger partial charge in [-0.15, -0.1) is 0 Å². The molecule has 374 valence electrons. The van der Waals surface area contributed by atoms with Crippen molar-refractivity contribution in [3.05, 3.63) is 72.9 Å². The highest BCUT2D eigenvalue weighted by atomic mass is 16.6. The molecule has 0 heterocycles. The lowest BCUT2D eigenvalue weighted by atomic mass is 10.1. The molecule has 0 spiro atoms. The minimum atomic E-state index is -0.792. The first-order valence-electron chi connectivity index (χ1n) is 27.4. The molecule has 0 aliphatic heterocycles. The Morgan fingerprint density at radius 2 is 0.615 bits per heavy atom. The van der Waals surface area contributed by atoms with E-state index in [0.29, 0.717) is 19.3 Å². The molecule has 6 nitrogen and oxygen atoms in total. The van der Waals surface area contributed by atoms with Crippen LogP contribution in [-0.4, -0.2) is 37.2 Å². The molecule has 0 aromatic rings. The van der Waals surface area contributed by atoms with E-state index in [1.807, 2.05) is 0 Å². The molecular formula is C59H102O6. The third kappa shape index (κ3) is 51.7. The molecule has 65 heavy (non-hydrogen) atoms. The fourth-order valence-corrected chi connectivity index (χ4v) is 7.53. The Morgan fingerprint density at radius 1 is 0.323 bits per heavy atom. The van der Waals surface area contributed by atoms with E-state index >= 15 is 0 Å². The molecule has 0 radical (unpaired) electrons. The van der Waals surface area contributed by atoms with Gasteiger partial charge in [0.25, 0.3) is 0 Å². The van der Waals surface area contributed by atoms with Gasteiger partial charge in [-0.1, -0.05) is 216 Å². The number of allylic oxidation sites excluding steroid dienone is 12. The number of carbonyl (C=O) groups excluding carboxylic acids is 3. The standard InChI is InChI=1S/C59H102O6/c1-4-7-10-13-16-19-22-24-26-28-29-31-32-34-37-40-43-46-49-52-58(61)64-55-56(54-63-57(60)51-48-45-42-39-36-21-18-15-12-9-6-3)65-59(62)53-50-47-44-41-38-35-33-30-27-25-23-20-17-14-11-8-5-2/h8,11,15,17-18,20,24-27,33,35,56H,4-7,9-10,12-14,16,19,21-23,28-32,34,36-55H2,1-3H3/b11-8-,18-15-,20-17-,26-24-,27-25-,35-33-/t56-/m0/s1. The largest absolute Gasteiger partial charge is 0.462 e. The highest BCUT2D eigenvalue weighted by Gasteiger charge is 2.19. The molecule has 1 atom stereocenters. The van der Waals surface area contributed by atoms with Gasteiger partial charge >= 0.3 is 17.9 Å². The fraction of sp³-hybridized carbons (Fsp3) is 0.746. The van der Waals surface area contributed by atoms with Crippen molar-refractivity contribution in [2.45, 2.75) is 271 Å². The van der Waals surface area contributed by atoms with Crippen LogP contribution in [0.4, 0.5) is 0 Å². The first-order chi connectivity index (χ1) is 32.0. The highest BCUT2D eigenvalue weighted by molar-refractivity contribution is 5.71. The minimum Gasteiger partial charge on any atom is -0.462 e.